The van der Waals surface area contributed by atoms with Crippen LogP contribution >= 0.6 is 11.6 Å². The Morgan fingerprint density at radius 1 is 1.20 bits per heavy atom. The molecule has 0 saturated carbocycles. The summed E-state index contributed by atoms with van der Waals surface area (Å²) >= 11 is 6.12. The SMILES string of the molecule is CCOC(=O)[C@H](O)C[C@H](N)Cc1ccc(-c2cc(C)cc(Cl)c2)cc1. The molecule has 0 radical (unpaired) electrons. The number of nitrogens with two attached hydrogens (primary N) is 1. The van der Waals surface area contributed by atoms with E-state index in [2.05, 4.69) is 6.07 Å². The Morgan fingerprint density at radius 3 is 2.48 bits per heavy atom. The number of aliphatic hydroxyl groups excluding tert-OH is 1. The van der Waals surface area contributed by atoms with E-state index in [4.69, 9.17) is 22.1 Å². The van der Waals surface area contributed by atoms with Crippen molar-refractivity contribution in [2.75, 3.05) is 6.61 Å². The van der Waals surface area contributed by atoms with Gasteiger partial charge in [-0.15, -0.1) is 0 Å². The molecule has 0 bridgehead atoms. The molecule has 0 aliphatic heterocycles. The van der Waals surface area contributed by atoms with Gasteiger partial charge in [0.2, 0.25) is 0 Å². The van der Waals surface area contributed by atoms with Gasteiger partial charge < -0.3 is 15.6 Å². The monoisotopic (exact) mass is 361 g/mol. The molecular weight excluding hydrogens is 338 g/mol. The molecule has 25 heavy (non-hydrogen) atoms. The molecule has 0 unspecified atom stereocenters. The first-order chi connectivity index (χ1) is 11.9. The molecule has 0 aliphatic rings. The van der Waals surface area contributed by atoms with Crippen LogP contribution in [0.5, 0.6) is 0 Å². The van der Waals surface area contributed by atoms with Gasteiger partial charge in [-0.05, 0) is 61.1 Å². The number of hydrogen-bond donors (Lipinski definition) is 2. The van der Waals surface area contributed by atoms with E-state index in [9.17, 15) is 9.90 Å². The molecule has 5 heteroatoms. The highest BCUT2D eigenvalue weighted by atomic mass is 35.5. The number of benzene rings is 2. The summed E-state index contributed by atoms with van der Waals surface area (Å²) in [4.78, 5) is 11.4. The molecule has 2 atom stereocenters. The van der Waals surface area contributed by atoms with Crippen molar-refractivity contribution in [1.82, 2.24) is 0 Å². The van der Waals surface area contributed by atoms with Crippen LogP contribution in [0.1, 0.15) is 24.5 Å². The van der Waals surface area contributed by atoms with Crippen molar-refractivity contribution in [1.29, 1.82) is 0 Å². The standard InChI is InChI=1S/C20H24ClNO3/c1-3-25-20(24)19(23)12-18(22)10-14-4-6-15(7-5-14)16-8-13(2)9-17(21)11-16/h4-9,11,18-19,23H,3,10,12,22H2,1-2H3/t18-,19-/m1/s1. The zero-order valence-electron chi connectivity index (χ0n) is 14.5. The summed E-state index contributed by atoms with van der Waals surface area (Å²) in [5.74, 6) is -0.621. The molecule has 134 valence electrons. The van der Waals surface area contributed by atoms with Crippen molar-refractivity contribution in [3.8, 4) is 11.1 Å². The minimum absolute atomic E-state index is 0.175. The third-order valence-corrected chi connectivity index (χ3v) is 4.13. The Labute approximate surface area is 153 Å². The van der Waals surface area contributed by atoms with Crippen LogP contribution < -0.4 is 5.73 Å². The molecule has 0 spiro atoms. The summed E-state index contributed by atoms with van der Waals surface area (Å²) in [6.45, 7) is 3.96. The van der Waals surface area contributed by atoms with Crippen molar-refractivity contribution in [3.63, 3.8) is 0 Å². The molecule has 0 amide bonds. The molecule has 3 N–H and O–H groups in total. The van der Waals surface area contributed by atoms with Crippen molar-refractivity contribution in [3.05, 3.63) is 58.6 Å². The number of carbonyl (C=O) groups is 1. The Morgan fingerprint density at radius 2 is 1.88 bits per heavy atom. The van der Waals surface area contributed by atoms with Crippen LogP contribution in [0.3, 0.4) is 0 Å². The lowest BCUT2D eigenvalue weighted by molar-refractivity contribution is -0.153. The van der Waals surface area contributed by atoms with Gasteiger partial charge >= 0.3 is 5.97 Å². The van der Waals surface area contributed by atoms with Crippen LogP contribution in [0.25, 0.3) is 11.1 Å². The molecule has 2 aromatic rings. The molecule has 0 heterocycles. The molecule has 0 fully saturated rings. The molecule has 4 nitrogen and oxygen atoms in total. The third kappa shape index (κ3) is 5.85. The van der Waals surface area contributed by atoms with Crippen molar-refractivity contribution in [2.45, 2.75) is 38.8 Å². The van der Waals surface area contributed by atoms with Gasteiger partial charge in [-0.3, -0.25) is 0 Å². The number of esters is 1. The van der Waals surface area contributed by atoms with E-state index < -0.39 is 12.1 Å². The van der Waals surface area contributed by atoms with Gasteiger partial charge in [0, 0.05) is 11.1 Å². The van der Waals surface area contributed by atoms with E-state index in [1.165, 1.54) is 0 Å². The minimum atomic E-state index is -1.18. The van der Waals surface area contributed by atoms with E-state index in [0.717, 1.165) is 22.3 Å². The summed E-state index contributed by atoms with van der Waals surface area (Å²) in [7, 11) is 0. The van der Waals surface area contributed by atoms with Crippen molar-refractivity contribution >= 4 is 17.6 Å². The van der Waals surface area contributed by atoms with Crippen LogP contribution in [0.4, 0.5) is 0 Å². The predicted octanol–water partition coefficient (Wildman–Crippen LogP) is 3.50. The van der Waals surface area contributed by atoms with Gasteiger partial charge in [0.25, 0.3) is 0 Å². The van der Waals surface area contributed by atoms with Crippen molar-refractivity contribution < 1.29 is 14.6 Å². The Balaban J connectivity index is 1.99. The first kappa shape index (κ1) is 19.4. The van der Waals surface area contributed by atoms with Gasteiger partial charge in [0.1, 0.15) is 0 Å². The average Bonchev–Trinajstić information content (AvgIpc) is 2.54. The normalized spacial score (nSPS) is 13.3. The summed E-state index contributed by atoms with van der Waals surface area (Å²) in [5.41, 5.74) is 10.4. The van der Waals surface area contributed by atoms with Gasteiger partial charge in [0.15, 0.2) is 6.10 Å². The van der Waals surface area contributed by atoms with E-state index >= 15 is 0 Å². The van der Waals surface area contributed by atoms with Gasteiger partial charge in [-0.2, -0.15) is 0 Å². The number of ether oxygens (including phenoxy) is 1. The van der Waals surface area contributed by atoms with Gasteiger partial charge in [-0.1, -0.05) is 41.9 Å². The molecule has 0 aromatic heterocycles. The lowest BCUT2D eigenvalue weighted by Gasteiger charge is -2.16. The Bertz CT molecular complexity index is 695. The van der Waals surface area contributed by atoms with Crippen LogP contribution in [0.2, 0.25) is 5.02 Å². The lowest BCUT2D eigenvalue weighted by atomic mass is 9.98. The maximum absolute atomic E-state index is 11.4. The first-order valence-corrected chi connectivity index (χ1v) is 8.73. The summed E-state index contributed by atoms with van der Waals surface area (Å²) in [5, 5.41) is 10.5. The summed E-state index contributed by atoms with van der Waals surface area (Å²) in [6, 6.07) is 13.7. The lowest BCUT2D eigenvalue weighted by Crippen LogP contribution is -2.33. The van der Waals surface area contributed by atoms with Crippen LogP contribution in [-0.4, -0.2) is 29.8 Å². The number of rotatable bonds is 7. The fourth-order valence-electron chi connectivity index (χ4n) is 2.74. The number of carbonyl (C=O) groups excluding carboxylic acids is 1. The maximum atomic E-state index is 11.4. The maximum Gasteiger partial charge on any atom is 0.335 e. The fourth-order valence-corrected chi connectivity index (χ4v) is 3.03. The molecular formula is C20H24ClNO3. The van der Waals surface area contributed by atoms with E-state index in [1.54, 1.807) is 6.92 Å². The second kappa shape index (κ2) is 8.99. The second-order valence-electron chi connectivity index (χ2n) is 6.18. The minimum Gasteiger partial charge on any atom is -0.464 e. The van der Waals surface area contributed by atoms with Crippen molar-refractivity contribution in [2.24, 2.45) is 5.73 Å². The highest BCUT2D eigenvalue weighted by molar-refractivity contribution is 6.30. The van der Waals surface area contributed by atoms with Crippen LogP contribution in [-0.2, 0) is 16.0 Å². The zero-order valence-corrected chi connectivity index (χ0v) is 15.3. The number of hydrogen-bond acceptors (Lipinski definition) is 4. The Kier molecular flexibility index (Phi) is 7.00. The summed E-state index contributed by atoms with van der Waals surface area (Å²) < 4.78 is 4.78. The molecule has 2 rings (SSSR count). The molecule has 2 aromatic carbocycles. The van der Waals surface area contributed by atoms with Crippen LogP contribution in [0.15, 0.2) is 42.5 Å². The zero-order chi connectivity index (χ0) is 18.4. The molecule has 0 aliphatic carbocycles. The molecule has 0 saturated heterocycles. The smallest absolute Gasteiger partial charge is 0.335 e. The fraction of sp³-hybridized carbons (Fsp3) is 0.350. The van der Waals surface area contributed by atoms with E-state index in [-0.39, 0.29) is 19.1 Å². The highest BCUT2D eigenvalue weighted by Crippen LogP contribution is 2.25. The first-order valence-electron chi connectivity index (χ1n) is 8.35. The average molecular weight is 362 g/mol. The highest BCUT2D eigenvalue weighted by Gasteiger charge is 2.19. The van der Waals surface area contributed by atoms with Gasteiger partial charge in [0.05, 0.1) is 6.61 Å². The third-order valence-electron chi connectivity index (χ3n) is 3.91. The van der Waals surface area contributed by atoms with E-state index in [0.29, 0.717) is 11.4 Å². The predicted molar refractivity (Wildman–Crippen MR) is 101 cm³/mol. The van der Waals surface area contributed by atoms with Gasteiger partial charge in [-0.25, -0.2) is 4.79 Å². The number of aliphatic hydroxyl groups is 1. The Hall–Kier alpha value is -1.88. The van der Waals surface area contributed by atoms with E-state index in [1.807, 2.05) is 43.3 Å². The largest absolute Gasteiger partial charge is 0.464 e. The quantitative estimate of drug-likeness (QED) is 0.740. The number of halogens is 1. The topological polar surface area (TPSA) is 72.5 Å². The second-order valence-corrected chi connectivity index (χ2v) is 6.62. The van der Waals surface area contributed by atoms with Crippen LogP contribution in [0, 0.1) is 6.92 Å². The number of aryl methyl sites for hydroxylation is 1. The summed E-state index contributed by atoms with van der Waals surface area (Å²) in [6.07, 6.45) is -0.428.